The Hall–Kier alpha value is -2.18. The topological polar surface area (TPSA) is 107 Å². The molecule has 1 N–H and O–H groups in total. The molecule has 7 heteroatoms. The number of carboxylic acids is 1. The van der Waals surface area contributed by atoms with Crippen LogP contribution in [0.3, 0.4) is 0 Å². The van der Waals surface area contributed by atoms with Crippen molar-refractivity contribution in [1.82, 2.24) is 0 Å². The first-order chi connectivity index (χ1) is 18.9. The standard InChI is InChI=1S/C34H50O7/c1-18(2)21-16-25(37)31(7)14-15-32(8)22(28(21)31)10-11-24-33(9)23(12-13-34(24,32)29(38)39)30(5,6)26(40-19(3)35)17-27(33)41-20(4)36/h21-24,26-28H,1,10-17H2,2-9H3,(H,38,39)/t21-,22+,23-,24+,26-,27+,28+,31-,32+,33-,34+/m0/s1. The average Bonchev–Trinajstić information content (AvgIpc) is 3.12. The third-order valence-corrected chi connectivity index (χ3v) is 13.8. The summed E-state index contributed by atoms with van der Waals surface area (Å²) in [5, 5.41) is 11.4. The number of fused-ring (bicyclic) bond motifs is 7. The number of rotatable bonds is 4. The van der Waals surface area contributed by atoms with Gasteiger partial charge in [-0.3, -0.25) is 19.2 Å². The number of carbonyl (C=O) groups is 4. The number of Topliss-reactive ketones (excluding diaryl/α,β-unsaturated/α-hetero) is 1. The summed E-state index contributed by atoms with van der Waals surface area (Å²) in [5.74, 6) is -1.16. The Morgan fingerprint density at radius 3 is 2.02 bits per heavy atom. The fraction of sp³-hybridized carbons (Fsp3) is 0.824. The van der Waals surface area contributed by atoms with Gasteiger partial charge in [-0.2, -0.15) is 0 Å². The molecule has 0 aromatic heterocycles. The molecule has 5 rings (SSSR count). The van der Waals surface area contributed by atoms with Gasteiger partial charge in [0.1, 0.15) is 18.0 Å². The van der Waals surface area contributed by atoms with Crippen LogP contribution in [0.4, 0.5) is 0 Å². The van der Waals surface area contributed by atoms with Gasteiger partial charge in [0.15, 0.2) is 0 Å². The van der Waals surface area contributed by atoms with Crippen LogP contribution in [-0.4, -0.2) is 41.0 Å². The van der Waals surface area contributed by atoms with Crippen molar-refractivity contribution in [2.24, 2.45) is 56.7 Å². The van der Waals surface area contributed by atoms with E-state index >= 15 is 0 Å². The van der Waals surface area contributed by atoms with Crippen LogP contribution in [-0.2, 0) is 28.7 Å². The Kier molecular flexibility index (Phi) is 6.95. The van der Waals surface area contributed by atoms with E-state index in [1.165, 1.54) is 13.8 Å². The highest BCUT2D eigenvalue weighted by Gasteiger charge is 2.77. The van der Waals surface area contributed by atoms with Crippen molar-refractivity contribution in [3.05, 3.63) is 12.2 Å². The summed E-state index contributed by atoms with van der Waals surface area (Å²) in [6.45, 7) is 19.9. The van der Waals surface area contributed by atoms with Crippen LogP contribution in [0.1, 0.15) is 107 Å². The Bertz CT molecular complexity index is 1190. The van der Waals surface area contributed by atoms with Gasteiger partial charge in [0.25, 0.3) is 0 Å². The van der Waals surface area contributed by atoms with Gasteiger partial charge in [0.05, 0.1) is 5.41 Å². The maximum Gasteiger partial charge on any atom is 0.310 e. The molecule has 5 saturated carbocycles. The molecule has 0 bridgehead atoms. The Balaban J connectivity index is 1.65. The highest BCUT2D eigenvalue weighted by atomic mass is 16.6. The molecule has 0 heterocycles. The lowest BCUT2D eigenvalue weighted by molar-refractivity contribution is -0.279. The van der Waals surface area contributed by atoms with E-state index in [0.29, 0.717) is 50.7 Å². The lowest BCUT2D eigenvalue weighted by Gasteiger charge is -2.72. The number of hydrogen-bond acceptors (Lipinski definition) is 6. The van der Waals surface area contributed by atoms with Crippen molar-refractivity contribution < 1.29 is 33.8 Å². The molecule has 41 heavy (non-hydrogen) atoms. The highest BCUT2D eigenvalue weighted by Crippen LogP contribution is 2.77. The molecule has 5 aliphatic carbocycles. The summed E-state index contributed by atoms with van der Waals surface area (Å²) in [7, 11) is 0. The number of esters is 2. The number of carbonyl (C=O) groups excluding carboxylic acids is 3. The fourth-order valence-corrected chi connectivity index (χ4v) is 11.9. The van der Waals surface area contributed by atoms with E-state index in [0.717, 1.165) is 12.0 Å². The van der Waals surface area contributed by atoms with Crippen molar-refractivity contribution in [2.75, 3.05) is 0 Å². The van der Waals surface area contributed by atoms with E-state index < -0.39 is 51.2 Å². The fourth-order valence-electron chi connectivity index (χ4n) is 11.9. The lowest BCUT2D eigenvalue weighted by Crippen LogP contribution is -2.72. The molecule has 5 aliphatic rings. The summed E-state index contributed by atoms with van der Waals surface area (Å²) in [6.07, 6.45) is 3.99. The first-order valence-corrected chi connectivity index (χ1v) is 15.7. The van der Waals surface area contributed by atoms with Crippen LogP contribution in [0, 0.1) is 56.7 Å². The molecule has 228 valence electrons. The zero-order valence-electron chi connectivity index (χ0n) is 26.3. The van der Waals surface area contributed by atoms with E-state index in [1.807, 2.05) is 6.92 Å². The van der Waals surface area contributed by atoms with Gasteiger partial charge >= 0.3 is 17.9 Å². The number of ketones is 1. The average molecular weight is 571 g/mol. The van der Waals surface area contributed by atoms with E-state index in [9.17, 15) is 24.3 Å². The Morgan fingerprint density at radius 1 is 0.854 bits per heavy atom. The molecular weight excluding hydrogens is 520 g/mol. The molecule has 7 nitrogen and oxygen atoms in total. The molecule has 0 saturated heterocycles. The maximum atomic E-state index is 13.9. The minimum absolute atomic E-state index is 0.000146. The van der Waals surface area contributed by atoms with Crippen LogP contribution in [0.2, 0.25) is 0 Å². The van der Waals surface area contributed by atoms with Gasteiger partial charge in [-0.25, -0.2) is 0 Å². The first-order valence-electron chi connectivity index (χ1n) is 15.7. The monoisotopic (exact) mass is 570 g/mol. The highest BCUT2D eigenvalue weighted by molar-refractivity contribution is 5.88. The molecular formula is C34H50O7. The zero-order valence-corrected chi connectivity index (χ0v) is 26.3. The van der Waals surface area contributed by atoms with Crippen molar-refractivity contribution >= 4 is 23.7 Å². The van der Waals surface area contributed by atoms with Crippen LogP contribution in [0.25, 0.3) is 0 Å². The third kappa shape index (κ3) is 3.81. The largest absolute Gasteiger partial charge is 0.481 e. The molecule has 0 aromatic carbocycles. The summed E-state index contributed by atoms with van der Waals surface area (Å²) >= 11 is 0. The van der Waals surface area contributed by atoms with Crippen LogP contribution in [0.15, 0.2) is 12.2 Å². The molecule has 0 spiro atoms. The molecule has 0 radical (unpaired) electrons. The van der Waals surface area contributed by atoms with Gasteiger partial charge in [0.2, 0.25) is 0 Å². The van der Waals surface area contributed by atoms with Crippen LogP contribution >= 0.6 is 0 Å². The summed E-state index contributed by atoms with van der Waals surface area (Å²) in [4.78, 5) is 51.9. The Labute approximate surface area is 245 Å². The SMILES string of the molecule is C=C(C)[C@@H]1CC(=O)[C@]2(C)CC[C@]3(C)[C@H](CC[C@@H]4[C@@]5(C)[C@H](OC(C)=O)C[C@H](OC(C)=O)C(C)(C)[C@@H]5CC[C@]43C(=O)O)[C@@H]12. The van der Waals surface area contributed by atoms with Crippen molar-refractivity contribution in [2.45, 2.75) is 119 Å². The molecule has 0 aliphatic heterocycles. The predicted octanol–water partition coefficient (Wildman–Crippen LogP) is 6.38. The normalized spacial score (nSPS) is 48.1. The quantitative estimate of drug-likeness (QED) is 0.309. The lowest BCUT2D eigenvalue weighted by atomic mass is 9.31. The van der Waals surface area contributed by atoms with Crippen LogP contribution < -0.4 is 0 Å². The number of carboxylic acid groups (broad SMARTS) is 1. The molecule has 0 amide bonds. The van der Waals surface area contributed by atoms with E-state index in [1.54, 1.807) is 0 Å². The van der Waals surface area contributed by atoms with Gasteiger partial charge < -0.3 is 14.6 Å². The number of allylic oxidation sites excluding steroid dienone is 1. The number of ether oxygens (including phenoxy) is 2. The van der Waals surface area contributed by atoms with Gasteiger partial charge in [-0.15, -0.1) is 0 Å². The zero-order chi connectivity index (χ0) is 30.5. The molecule has 0 aromatic rings. The first kappa shape index (κ1) is 30.3. The van der Waals surface area contributed by atoms with Crippen molar-refractivity contribution in [3.8, 4) is 0 Å². The molecule has 0 unspecified atom stereocenters. The second-order valence-electron chi connectivity index (χ2n) is 15.7. The summed E-state index contributed by atoms with van der Waals surface area (Å²) in [6, 6.07) is 0. The minimum Gasteiger partial charge on any atom is -0.481 e. The molecule has 5 fully saturated rings. The van der Waals surface area contributed by atoms with Crippen molar-refractivity contribution in [1.29, 1.82) is 0 Å². The van der Waals surface area contributed by atoms with Crippen LogP contribution in [0.5, 0.6) is 0 Å². The van der Waals surface area contributed by atoms with Gasteiger partial charge in [-0.1, -0.05) is 46.8 Å². The van der Waals surface area contributed by atoms with E-state index in [-0.39, 0.29) is 35.6 Å². The second-order valence-corrected chi connectivity index (χ2v) is 15.7. The maximum absolute atomic E-state index is 13.9. The number of hydrogen-bond donors (Lipinski definition) is 1. The van der Waals surface area contributed by atoms with E-state index in [2.05, 4.69) is 41.2 Å². The smallest absolute Gasteiger partial charge is 0.310 e. The summed E-state index contributed by atoms with van der Waals surface area (Å²) in [5.41, 5.74) is -1.98. The van der Waals surface area contributed by atoms with Gasteiger partial charge in [-0.05, 0) is 80.5 Å². The predicted molar refractivity (Wildman–Crippen MR) is 153 cm³/mol. The summed E-state index contributed by atoms with van der Waals surface area (Å²) < 4.78 is 11.9. The minimum atomic E-state index is -1.02. The van der Waals surface area contributed by atoms with E-state index in [4.69, 9.17) is 9.47 Å². The second kappa shape index (κ2) is 9.41. The Morgan fingerprint density at radius 2 is 1.46 bits per heavy atom. The number of aliphatic carboxylic acids is 1. The third-order valence-electron chi connectivity index (χ3n) is 13.8. The van der Waals surface area contributed by atoms with Gasteiger partial charge in [0, 0.05) is 42.9 Å². The molecule has 11 atom stereocenters. The van der Waals surface area contributed by atoms with Crippen molar-refractivity contribution in [3.63, 3.8) is 0 Å².